The van der Waals surface area contributed by atoms with Gasteiger partial charge in [0, 0.05) is 13.1 Å². The second-order valence-corrected chi connectivity index (χ2v) is 7.79. The molecule has 0 spiro atoms. The van der Waals surface area contributed by atoms with Crippen molar-refractivity contribution in [3.8, 4) is 0 Å². The lowest BCUT2D eigenvalue weighted by Crippen LogP contribution is -2.35. The highest BCUT2D eigenvalue weighted by Crippen LogP contribution is 2.14. The Morgan fingerprint density at radius 1 is 1.17 bits per heavy atom. The molecule has 0 fully saturated rings. The van der Waals surface area contributed by atoms with Crippen molar-refractivity contribution in [3.05, 3.63) is 30.1 Å². The Labute approximate surface area is 144 Å². The van der Waals surface area contributed by atoms with E-state index in [4.69, 9.17) is 5.73 Å². The van der Waals surface area contributed by atoms with Crippen LogP contribution in [0.15, 0.2) is 34.2 Å². The number of hydrogen-bond acceptors (Lipinski definition) is 3. The highest BCUT2D eigenvalue weighted by molar-refractivity contribution is 7.91. The van der Waals surface area contributed by atoms with E-state index in [1.807, 2.05) is 0 Å². The zero-order valence-electron chi connectivity index (χ0n) is 14.3. The quantitative estimate of drug-likeness (QED) is 0.362. The van der Waals surface area contributed by atoms with E-state index in [0.29, 0.717) is 6.54 Å². The number of guanidine groups is 1. The van der Waals surface area contributed by atoms with E-state index in [1.54, 1.807) is 0 Å². The van der Waals surface area contributed by atoms with Crippen LogP contribution in [0.3, 0.4) is 0 Å². The molecule has 0 bridgehead atoms. The summed E-state index contributed by atoms with van der Waals surface area (Å²) >= 11 is 0. The first-order valence-electron chi connectivity index (χ1n) is 8.48. The van der Waals surface area contributed by atoms with Gasteiger partial charge in [-0.2, -0.15) is 0 Å². The number of benzene rings is 1. The average molecular weight is 357 g/mol. The summed E-state index contributed by atoms with van der Waals surface area (Å²) in [5, 5.41) is 2.77. The van der Waals surface area contributed by atoms with Gasteiger partial charge in [0.2, 0.25) is 0 Å². The normalized spacial score (nSPS) is 12.3. The predicted octanol–water partition coefficient (Wildman–Crippen LogP) is 2.86. The lowest BCUT2D eigenvalue weighted by Gasteiger charge is -2.07. The molecule has 3 N–H and O–H groups in total. The zero-order chi connectivity index (χ0) is 17.8. The van der Waals surface area contributed by atoms with Gasteiger partial charge in [0.05, 0.1) is 5.75 Å². The molecule has 0 saturated carbocycles. The van der Waals surface area contributed by atoms with Crippen LogP contribution >= 0.6 is 0 Å². The van der Waals surface area contributed by atoms with Gasteiger partial charge in [0.1, 0.15) is 10.7 Å². The molecule has 1 rings (SSSR count). The molecule has 0 atom stereocenters. The number of halogens is 1. The van der Waals surface area contributed by atoms with Crippen molar-refractivity contribution in [2.75, 3.05) is 18.8 Å². The Kier molecular flexibility index (Phi) is 9.37. The van der Waals surface area contributed by atoms with Crippen molar-refractivity contribution in [2.45, 2.75) is 50.3 Å². The number of nitrogens with zero attached hydrogens (tertiary/aromatic N) is 1. The summed E-state index contributed by atoms with van der Waals surface area (Å²) in [5.41, 5.74) is 5.70. The third-order valence-corrected chi connectivity index (χ3v) is 5.39. The van der Waals surface area contributed by atoms with Gasteiger partial charge < -0.3 is 11.1 Å². The van der Waals surface area contributed by atoms with Crippen LogP contribution in [0.2, 0.25) is 0 Å². The maximum absolute atomic E-state index is 13.5. The predicted molar refractivity (Wildman–Crippen MR) is 96.3 cm³/mol. The van der Waals surface area contributed by atoms with Crippen molar-refractivity contribution in [3.63, 3.8) is 0 Å². The Morgan fingerprint density at radius 3 is 2.54 bits per heavy atom. The Bertz CT molecular complexity index is 618. The smallest absolute Gasteiger partial charge is 0.188 e. The molecule has 1 aromatic carbocycles. The molecule has 0 saturated heterocycles. The molecule has 0 amide bonds. The van der Waals surface area contributed by atoms with Gasteiger partial charge in [-0.15, -0.1) is 0 Å². The number of hydrogen-bond donors (Lipinski definition) is 2. The molecule has 5 nitrogen and oxygen atoms in total. The second-order valence-electron chi connectivity index (χ2n) is 5.71. The van der Waals surface area contributed by atoms with Crippen molar-refractivity contribution in [1.82, 2.24) is 5.32 Å². The lowest BCUT2D eigenvalue weighted by molar-refractivity contribution is 0.566. The van der Waals surface area contributed by atoms with Crippen molar-refractivity contribution in [2.24, 2.45) is 10.7 Å². The molecule has 0 unspecified atom stereocenters. The summed E-state index contributed by atoms with van der Waals surface area (Å²) in [6, 6.07) is 5.36. The van der Waals surface area contributed by atoms with E-state index < -0.39 is 15.7 Å². The van der Waals surface area contributed by atoms with Crippen molar-refractivity contribution in [1.29, 1.82) is 0 Å². The summed E-state index contributed by atoms with van der Waals surface area (Å²) < 4.78 is 37.7. The fraction of sp³-hybridized carbons (Fsp3) is 0.588. The summed E-state index contributed by atoms with van der Waals surface area (Å²) in [4.78, 5) is 3.88. The van der Waals surface area contributed by atoms with Crippen LogP contribution < -0.4 is 11.1 Å². The van der Waals surface area contributed by atoms with Crippen molar-refractivity contribution >= 4 is 15.8 Å². The summed E-state index contributed by atoms with van der Waals surface area (Å²) in [7, 11) is -3.67. The topological polar surface area (TPSA) is 84.5 Å². The van der Waals surface area contributed by atoms with Crippen LogP contribution in [0.25, 0.3) is 0 Å². The molecule has 24 heavy (non-hydrogen) atoms. The first-order valence-corrected chi connectivity index (χ1v) is 10.1. The summed E-state index contributed by atoms with van der Waals surface area (Å²) in [6.07, 6.45) is 7.05. The molecule has 0 heterocycles. The third-order valence-electron chi connectivity index (χ3n) is 3.64. The fourth-order valence-electron chi connectivity index (χ4n) is 2.27. The van der Waals surface area contributed by atoms with E-state index in [2.05, 4.69) is 17.2 Å². The SMILES string of the molecule is CCCCCCCCN=C(N)NCCS(=O)(=O)c1ccccc1F. The minimum Gasteiger partial charge on any atom is -0.370 e. The third kappa shape index (κ3) is 7.77. The van der Waals surface area contributed by atoms with Crippen LogP contribution in [0.4, 0.5) is 4.39 Å². The molecular weight excluding hydrogens is 329 g/mol. The Hall–Kier alpha value is -1.63. The Morgan fingerprint density at radius 2 is 1.83 bits per heavy atom. The molecular formula is C17H28FN3O2S. The largest absolute Gasteiger partial charge is 0.370 e. The first kappa shape index (κ1) is 20.4. The summed E-state index contributed by atoms with van der Waals surface area (Å²) in [5.74, 6) is -0.740. The standard InChI is InChI=1S/C17H28FN3O2S/c1-2-3-4-5-6-9-12-20-17(19)21-13-14-24(22,23)16-11-8-7-10-15(16)18/h7-8,10-11H,2-6,9,12-14H2,1H3,(H3,19,20,21). The number of rotatable bonds is 11. The minimum absolute atomic E-state index is 0.0997. The van der Waals surface area contributed by atoms with E-state index in [-0.39, 0.29) is 23.2 Å². The maximum atomic E-state index is 13.5. The molecule has 0 radical (unpaired) electrons. The van der Waals surface area contributed by atoms with Crippen LogP contribution in [-0.2, 0) is 9.84 Å². The van der Waals surface area contributed by atoms with Gasteiger partial charge in [-0.25, -0.2) is 12.8 Å². The van der Waals surface area contributed by atoms with E-state index >= 15 is 0 Å². The van der Waals surface area contributed by atoms with Gasteiger partial charge >= 0.3 is 0 Å². The monoisotopic (exact) mass is 357 g/mol. The van der Waals surface area contributed by atoms with E-state index in [1.165, 1.54) is 43.9 Å². The minimum atomic E-state index is -3.67. The van der Waals surface area contributed by atoms with Crippen LogP contribution in [0, 0.1) is 5.82 Å². The first-order chi connectivity index (χ1) is 11.5. The molecule has 136 valence electrons. The maximum Gasteiger partial charge on any atom is 0.188 e. The van der Waals surface area contributed by atoms with Crippen molar-refractivity contribution < 1.29 is 12.8 Å². The number of sulfone groups is 1. The highest BCUT2D eigenvalue weighted by atomic mass is 32.2. The van der Waals surface area contributed by atoms with Crippen LogP contribution in [0.5, 0.6) is 0 Å². The number of nitrogens with one attached hydrogen (secondary N) is 1. The zero-order valence-corrected chi connectivity index (χ0v) is 15.1. The number of nitrogens with two attached hydrogens (primary N) is 1. The molecule has 0 aliphatic rings. The number of aliphatic imine (C=N–C) groups is 1. The van der Waals surface area contributed by atoms with Gasteiger partial charge in [-0.1, -0.05) is 51.2 Å². The molecule has 0 aliphatic carbocycles. The second kappa shape index (κ2) is 11.0. The Balaban J connectivity index is 2.28. The van der Waals surface area contributed by atoms with E-state index in [0.717, 1.165) is 18.9 Å². The van der Waals surface area contributed by atoms with Gasteiger partial charge in [-0.05, 0) is 18.6 Å². The summed E-state index contributed by atoms with van der Waals surface area (Å²) in [6.45, 7) is 2.91. The highest BCUT2D eigenvalue weighted by Gasteiger charge is 2.18. The molecule has 1 aromatic rings. The molecule has 7 heteroatoms. The lowest BCUT2D eigenvalue weighted by atomic mass is 10.1. The molecule has 0 aliphatic heterocycles. The molecule has 0 aromatic heterocycles. The van der Waals surface area contributed by atoms with Gasteiger partial charge in [-0.3, -0.25) is 4.99 Å². The number of unbranched alkanes of at least 4 members (excludes halogenated alkanes) is 5. The average Bonchev–Trinajstić information content (AvgIpc) is 2.54. The van der Waals surface area contributed by atoms with Crippen LogP contribution in [0.1, 0.15) is 45.4 Å². The van der Waals surface area contributed by atoms with Gasteiger partial charge in [0.15, 0.2) is 15.8 Å². The van der Waals surface area contributed by atoms with E-state index in [9.17, 15) is 12.8 Å². The van der Waals surface area contributed by atoms with Gasteiger partial charge in [0.25, 0.3) is 0 Å². The van der Waals surface area contributed by atoms with Crippen LogP contribution in [-0.4, -0.2) is 33.2 Å². The fourth-order valence-corrected chi connectivity index (χ4v) is 3.51.